The number of nitro groups is 1. The molecule has 1 aromatic carbocycles. The molecule has 0 saturated carbocycles. The summed E-state index contributed by atoms with van der Waals surface area (Å²) in [6.45, 7) is 7.92. The first-order chi connectivity index (χ1) is 10.0. The molecule has 1 aliphatic rings. The number of rotatable bonds is 6. The van der Waals surface area contributed by atoms with Gasteiger partial charge < -0.3 is 14.8 Å². The average Bonchev–Trinajstić information content (AvgIpc) is 2.50. The van der Waals surface area contributed by atoms with E-state index in [0.717, 1.165) is 13.0 Å². The molecule has 1 aliphatic heterocycles. The number of benzene rings is 1. The number of nitro benzene ring substituents is 1. The smallest absolute Gasteiger partial charge is 0.276 e. The molecule has 0 amide bonds. The van der Waals surface area contributed by atoms with Gasteiger partial charge in [0.15, 0.2) is 11.5 Å². The maximum Gasteiger partial charge on any atom is 0.276 e. The van der Waals surface area contributed by atoms with Crippen molar-refractivity contribution in [1.29, 1.82) is 0 Å². The van der Waals surface area contributed by atoms with E-state index in [2.05, 4.69) is 12.2 Å². The molecule has 0 aliphatic carbocycles. The molecule has 0 spiro atoms. The highest BCUT2D eigenvalue weighted by molar-refractivity contribution is 5.56. The second kappa shape index (κ2) is 6.76. The largest absolute Gasteiger partial charge is 0.486 e. The Morgan fingerprint density at radius 1 is 1.29 bits per heavy atom. The predicted molar refractivity (Wildman–Crippen MR) is 80.3 cm³/mol. The van der Waals surface area contributed by atoms with Crippen LogP contribution in [0.1, 0.15) is 38.7 Å². The topological polar surface area (TPSA) is 73.6 Å². The van der Waals surface area contributed by atoms with Crippen LogP contribution in [0.4, 0.5) is 5.69 Å². The third-order valence-corrected chi connectivity index (χ3v) is 3.85. The van der Waals surface area contributed by atoms with Crippen LogP contribution in [0.15, 0.2) is 12.1 Å². The van der Waals surface area contributed by atoms with E-state index in [4.69, 9.17) is 9.47 Å². The Bertz CT molecular complexity index is 519. The Kier molecular flexibility index (Phi) is 5.01. The van der Waals surface area contributed by atoms with Crippen LogP contribution < -0.4 is 14.8 Å². The van der Waals surface area contributed by atoms with Crippen LogP contribution in [0.3, 0.4) is 0 Å². The fourth-order valence-electron chi connectivity index (χ4n) is 2.43. The molecule has 116 valence electrons. The molecule has 2 rings (SSSR count). The summed E-state index contributed by atoms with van der Waals surface area (Å²) in [5.41, 5.74) is 0.775. The molecule has 2 atom stereocenters. The lowest BCUT2D eigenvalue weighted by molar-refractivity contribution is -0.385. The summed E-state index contributed by atoms with van der Waals surface area (Å²) < 4.78 is 11.0. The van der Waals surface area contributed by atoms with E-state index in [-0.39, 0.29) is 22.6 Å². The monoisotopic (exact) mass is 294 g/mol. The van der Waals surface area contributed by atoms with Gasteiger partial charge in [0, 0.05) is 17.5 Å². The van der Waals surface area contributed by atoms with Gasteiger partial charge in [-0.25, -0.2) is 0 Å². The van der Waals surface area contributed by atoms with Crippen LogP contribution in [0.5, 0.6) is 11.5 Å². The van der Waals surface area contributed by atoms with E-state index in [0.29, 0.717) is 30.3 Å². The van der Waals surface area contributed by atoms with Gasteiger partial charge in [-0.2, -0.15) is 0 Å². The van der Waals surface area contributed by atoms with Crippen molar-refractivity contribution in [2.75, 3.05) is 19.8 Å². The van der Waals surface area contributed by atoms with E-state index in [1.807, 2.05) is 13.8 Å². The highest BCUT2D eigenvalue weighted by atomic mass is 16.6. The second-order valence-corrected chi connectivity index (χ2v) is 5.34. The lowest BCUT2D eigenvalue weighted by Gasteiger charge is -2.24. The first-order valence-electron chi connectivity index (χ1n) is 7.36. The molecule has 0 aromatic heterocycles. The van der Waals surface area contributed by atoms with E-state index in [1.54, 1.807) is 6.07 Å². The van der Waals surface area contributed by atoms with E-state index >= 15 is 0 Å². The van der Waals surface area contributed by atoms with Crippen molar-refractivity contribution in [3.63, 3.8) is 0 Å². The van der Waals surface area contributed by atoms with Crippen molar-refractivity contribution in [3.8, 4) is 11.5 Å². The highest BCUT2D eigenvalue weighted by Crippen LogP contribution is 2.40. The molecular weight excluding hydrogens is 272 g/mol. The fourth-order valence-corrected chi connectivity index (χ4v) is 2.43. The first kappa shape index (κ1) is 15.6. The zero-order valence-corrected chi connectivity index (χ0v) is 12.7. The highest BCUT2D eigenvalue weighted by Gasteiger charge is 2.27. The fraction of sp³-hybridized carbons (Fsp3) is 0.600. The SMILES string of the molecule is CCCNC(C)C(C)c1cc2c(cc1[N+](=O)[O-])OCCO2. The molecule has 0 radical (unpaired) electrons. The molecule has 2 unspecified atom stereocenters. The summed E-state index contributed by atoms with van der Waals surface area (Å²) in [7, 11) is 0. The number of hydrogen-bond acceptors (Lipinski definition) is 5. The van der Waals surface area contributed by atoms with Gasteiger partial charge in [0.25, 0.3) is 5.69 Å². The average molecular weight is 294 g/mol. The zero-order valence-electron chi connectivity index (χ0n) is 12.7. The molecule has 0 fully saturated rings. The van der Waals surface area contributed by atoms with Crippen molar-refractivity contribution in [2.45, 2.75) is 39.2 Å². The Hall–Kier alpha value is -1.82. The number of nitrogens with one attached hydrogen (secondary N) is 1. The summed E-state index contributed by atoms with van der Waals surface area (Å²) in [5, 5.41) is 14.7. The van der Waals surface area contributed by atoms with Crippen LogP contribution in [0.25, 0.3) is 0 Å². The molecule has 1 aromatic rings. The molecule has 6 heteroatoms. The Morgan fingerprint density at radius 3 is 2.48 bits per heavy atom. The maximum absolute atomic E-state index is 11.3. The summed E-state index contributed by atoms with van der Waals surface area (Å²) in [6.07, 6.45) is 1.03. The molecule has 6 nitrogen and oxygen atoms in total. The zero-order chi connectivity index (χ0) is 15.4. The van der Waals surface area contributed by atoms with Crippen LogP contribution in [0.2, 0.25) is 0 Å². The van der Waals surface area contributed by atoms with Crippen molar-refractivity contribution in [3.05, 3.63) is 27.8 Å². The summed E-state index contributed by atoms with van der Waals surface area (Å²) in [5.74, 6) is 1.06. The number of hydrogen-bond donors (Lipinski definition) is 1. The van der Waals surface area contributed by atoms with Gasteiger partial charge in [-0.05, 0) is 26.0 Å². The van der Waals surface area contributed by atoms with Gasteiger partial charge >= 0.3 is 0 Å². The summed E-state index contributed by atoms with van der Waals surface area (Å²) in [6, 6.07) is 3.38. The quantitative estimate of drug-likeness (QED) is 0.645. The van der Waals surface area contributed by atoms with E-state index in [9.17, 15) is 10.1 Å². The number of ether oxygens (including phenoxy) is 2. The molecule has 21 heavy (non-hydrogen) atoms. The second-order valence-electron chi connectivity index (χ2n) is 5.34. The lowest BCUT2D eigenvalue weighted by Crippen LogP contribution is -2.31. The minimum atomic E-state index is -0.351. The molecule has 0 saturated heterocycles. The Balaban J connectivity index is 2.34. The summed E-state index contributed by atoms with van der Waals surface area (Å²) in [4.78, 5) is 11.0. The molecule has 1 N–H and O–H groups in total. The molecule has 0 bridgehead atoms. The van der Waals surface area contributed by atoms with Crippen molar-refractivity contribution >= 4 is 5.69 Å². The van der Waals surface area contributed by atoms with Crippen molar-refractivity contribution in [2.24, 2.45) is 0 Å². The van der Waals surface area contributed by atoms with Gasteiger partial charge in [-0.1, -0.05) is 13.8 Å². The minimum absolute atomic E-state index is 0.00720. The van der Waals surface area contributed by atoms with Crippen LogP contribution >= 0.6 is 0 Å². The maximum atomic E-state index is 11.3. The van der Waals surface area contributed by atoms with Crippen LogP contribution in [0, 0.1) is 10.1 Å². The third kappa shape index (κ3) is 3.44. The van der Waals surface area contributed by atoms with Crippen molar-refractivity contribution < 1.29 is 14.4 Å². The van der Waals surface area contributed by atoms with E-state index < -0.39 is 0 Å². The standard InChI is InChI=1S/C15H22N2O4/c1-4-5-16-11(3)10(2)12-8-14-15(21-7-6-20-14)9-13(12)17(18)19/h8-11,16H,4-7H2,1-3H3. The first-order valence-corrected chi connectivity index (χ1v) is 7.36. The summed E-state index contributed by atoms with van der Waals surface area (Å²) >= 11 is 0. The van der Waals surface area contributed by atoms with Crippen LogP contribution in [-0.4, -0.2) is 30.7 Å². The van der Waals surface area contributed by atoms with E-state index in [1.165, 1.54) is 6.07 Å². The predicted octanol–water partition coefficient (Wildman–Crippen LogP) is 2.86. The number of nitrogens with zero attached hydrogens (tertiary/aromatic N) is 1. The van der Waals surface area contributed by atoms with Crippen molar-refractivity contribution in [1.82, 2.24) is 5.32 Å². The Morgan fingerprint density at radius 2 is 1.90 bits per heavy atom. The minimum Gasteiger partial charge on any atom is -0.486 e. The van der Waals surface area contributed by atoms with Gasteiger partial charge in [-0.3, -0.25) is 10.1 Å². The molecule has 1 heterocycles. The Labute approximate surface area is 124 Å². The van der Waals surface area contributed by atoms with Crippen LogP contribution in [-0.2, 0) is 0 Å². The van der Waals surface area contributed by atoms with Gasteiger partial charge in [0.05, 0.1) is 11.0 Å². The van der Waals surface area contributed by atoms with Gasteiger partial charge in [0.2, 0.25) is 0 Å². The number of fused-ring (bicyclic) bond motifs is 1. The molecular formula is C15H22N2O4. The third-order valence-electron chi connectivity index (χ3n) is 3.85. The lowest BCUT2D eigenvalue weighted by atomic mass is 9.92. The normalized spacial score (nSPS) is 16.3. The van der Waals surface area contributed by atoms with Gasteiger partial charge in [-0.15, -0.1) is 0 Å². The van der Waals surface area contributed by atoms with Gasteiger partial charge in [0.1, 0.15) is 13.2 Å².